The van der Waals surface area contributed by atoms with E-state index in [1.807, 2.05) is 0 Å². The summed E-state index contributed by atoms with van der Waals surface area (Å²) in [6.45, 7) is 16.9. The van der Waals surface area contributed by atoms with Gasteiger partial charge in [-0.2, -0.15) is 0 Å². The number of allylic oxidation sites excluding steroid dienone is 1. The van der Waals surface area contributed by atoms with E-state index in [2.05, 4.69) is 212 Å². The quantitative estimate of drug-likeness (QED) is 0.105. The molecular weight excluding hydrogens is 828 g/mol. The Morgan fingerprint density at radius 3 is 1.90 bits per heavy atom. The molecule has 0 fully saturated rings. The van der Waals surface area contributed by atoms with Crippen LogP contribution in [-0.4, -0.2) is 5.92 Å². The van der Waals surface area contributed by atoms with Gasteiger partial charge in [0, 0.05) is 0 Å². The Kier molecular flexibility index (Phi) is 10.4. The van der Waals surface area contributed by atoms with Crippen LogP contribution in [0.4, 0.5) is 0 Å². The molecule has 2 aliphatic carbocycles. The molecule has 0 heterocycles. The molecule has 0 aliphatic heterocycles. The van der Waals surface area contributed by atoms with E-state index in [-0.39, 0.29) is 16.7 Å². The van der Waals surface area contributed by atoms with Crippen LogP contribution in [-0.2, 0) is 39.6 Å². The average molecular weight is 884 g/mol. The van der Waals surface area contributed by atoms with Gasteiger partial charge in [-0.15, -0.1) is 0 Å². The Balaban J connectivity index is 1.27. The number of benzene rings is 8. The Labute approximate surface area is 375 Å². The van der Waals surface area contributed by atoms with Crippen molar-refractivity contribution in [2.24, 2.45) is 0 Å². The Bertz CT molecular complexity index is 2960. The molecule has 1 unspecified atom stereocenters. The van der Waals surface area contributed by atoms with Crippen molar-refractivity contribution >= 4 is 47.2 Å². The maximum absolute atomic E-state index is 2.70. The van der Waals surface area contributed by atoms with Crippen LogP contribution >= 0.6 is 0 Å². The standard InChI is InChI=1S/C47H45.C12H11Si.Zr/c1-8-14-31-25-41-37(40-23-29-15-9-10-16-34(29)35-17-11-12-18-36(35)40)19-13-20-38(41)45(31)44-28-33(47(5,6)7)27-43-39-26-32(46(2,3)4)22-21-30(39)24-42(43)44;1-3-7-11(8-4-1)13-12-9-5-2-6-10-12;/h9-13,15-23,25-27,45H,8,14,24H2,1-7H3;1-10,13H;. The first-order valence-electron chi connectivity index (χ1n) is 22.4. The van der Waals surface area contributed by atoms with Crippen molar-refractivity contribution in [2.45, 2.75) is 84.5 Å². The summed E-state index contributed by atoms with van der Waals surface area (Å²) in [5, 5.41) is 8.47. The second-order valence-electron chi connectivity index (χ2n) is 19.6. The summed E-state index contributed by atoms with van der Waals surface area (Å²) in [6, 6.07) is 61.2. The first-order chi connectivity index (χ1) is 29.5. The number of fused-ring (bicyclic) bond motifs is 7. The Hall–Kier alpha value is -4.88. The van der Waals surface area contributed by atoms with Gasteiger partial charge in [0.2, 0.25) is 0 Å². The van der Waals surface area contributed by atoms with Crippen molar-refractivity contribution < 1.29 is 22.4 Å². The van der Waals surface area contributed by atoms with Crippen LogP contribution in [0.5, 0.6) is 0 Å². The Morgan fingerprint density at radius 1 is 0.574 bits per heavy atom. The summed E-state index contributed by atoms with van der Waals surface area (Å²) in [5.41, 5.74) is 18.0. The third-order valence-corrected chi connectivity index (χ3v) is 26.7. The fraction of sp³-hybridized carbons (Fsp3) is 0.220. The second kappa shape index (κ2) is 15.8. The molecule has 8 aromatic rings. The van der Waals surface area contributed by atoms with Crippen LogP contribution in [0.2, 0.25) is 0 Å². The number of rotatable bonds is 8. The third kappa shape index (κ3) is 7.19. The van der Waals surface area contributed by atoms with Crippen LogP contribution in [0.3, 0.4) is 0 Å². The van der Waals surface area contributed by atoms with Gasteiger partial charge < -0.3 is 0 Å². The van der Waals surface area contributed by atoms with Crippen LogP contribution in [0, 0.1) is 0 Å². The normalized spacial score (nSPS) is 14.6. The summed E-state index contributed by atoms with van der Waals surface area (Å²) in [5.74, 6) is -1.34. The minimum absolute atomic E-state index is 0.0153. The van der Waals surface area contributed by atoms with Gasteiger partial charge in [0.25, 0.3) is 0 Å². The molecule has 61 heavy (non-hydrogen) atoms. The molecule has 300 valence electrons. The van der Waals surface area contributed by atoms with E-state index in [0.717, 1.165) is 19.3 Å². The molecule has 2 aliphatic rings. The molecule has 8 aromatic carbocycles. The van der Waals surface area contributed by atoms with Gasteiger partial charge in [-0.3, -0.25) is 0 Å². The van der Waals surface area contributed by atoms with E-state index >= 15 is 0 Å². The second-order valence-corrected chi connectivity index (χ2v) is 29.7. The molecule has 0 saturated carbocycles. The zero-order valence-electron chi connectivity index (χ0n) is 36.9. The molecule has 0 saturated heterocycles. The van der Waals surface area contributed by atoms with Gasteiger partial charge in [0.05, 0.1) is 0 Å². The van der Waals surface area contributed by atoms with Gasteiger partial charge in [0.15, 0.2) is 0 Å². The first kappa shape index (κ1) is 40.2. The zero-order valence-corrected chi connectivity index (χ0v) is 40.5. The molecule has 0 radical (unpaired) electrons. The summed E-state index contributed by atoms with van der Waals surface area (Å²) in [4.78, 5) is 0. The SMILES string of the molecule is CCCC1=Cc2c(-c3cc4ccccc4c4ccccc34)cccc2C1c1c2c(cc(C(C)(C)C)[c]1[Zr][SiH](c1ccccc1)c1ccccc1)-c1cc(C(C)(C)C)ccc1C2. The molecule has 1 atom stereocenters. The predicted octanol–water partition coefficient (Wildman–Crippen LogP) is 13.4. The van der Waals surface area contributed by atoms with Gasteiger partial charge in [0.1, 0.15) is 0 Å². The fourth-order valence-corrected chi connectivity index (χ4v) is 24.6. The predicted molar refractivity (Wildman–Crippen MR) is 263 cm³/mol. The van der Waals surface area contributed by atoms with Crippen LogP contribution in [0.25, 0.3) is 49.9 Å². The van der Waals surface area contributed by atoms with Crippen molar-refractivity contribution in [1.29, 1.82) is 0 Å². The molecule has 0 amide bonds. The molecular formula is C59H56SiZr. The fourth-order valence-electron chi connectivity index (χ4n) is 10.5. The number of hydrogen-bond donors (Lipinski definition) is 0. The molecule has 0 nitrogen and oxygen atoms in total. The summed E-state index contributed by atoms with van der Waals surface area (Å²) < 4.78 is 1.77. The molecule has 0 aromatic heterocycles. The monoisotopic (exact) mass is 882 g/mol. The van der Waals surface area contributed by atoms with Crippen LogP contribution in [0.15, 0.2) is 163 Å². The third-order valence-electron chi connectivity index (χ3n) is 13.5. The van der Waals surface area contributed by atoms with E-state index in [4.69, 9.17) is 0 Å². The van der Waals surface area contributed by atoms with E-state index in [1.165, 1.54) is 66.1 Å². The maximum atomic E-state index is 2.70. The zero-order chi connectivity index (χ0) is 42.0. The van der Waals surface area contributed by atoms with Crippen LogP contribution < -0.4 is 13.6 Å². The van der Waals surface area contributed by atoms with E-state index < -0.39 is 28.3 Å². The van der Waals surface area contributed by atoms with Crippen molar-refractivity contribution in [3.05, 3.63) is 202 Å². The Morgan fingerprint density at radius 2 is 1.23 bits per heavy atom. The molecule has 0 N–H and O–H groups in total. The summed E-state index contributed by atoms with van der Waals surface area (Å²) in [6.07, 6.45) is 5.87. The van der Waals surface area contributed by atoms with Gasteiger partial charge in [-0.05, 0) is 0 Å². The van der Waals surface area contributed by atoms with E-state index in [9.17, 15) is 0 Å². The van der Waals surface area contributed by atoms with Crippen molar-refractivity contribution in [3.63, 3.8) is 0 Å². The minimum atomic E-state index is -1.56. The summed E-state index contributed by atoms with van der Waals surface area (Å²) >= 11 is -1.27. The van der Waals surface area contributed by atoms with Crippen molar-refractivity contribution in [1.82, 2.24) is 0 Å². The topological polar surface area (TPSA) is 0 Å². The molecule has 10 rings (SSSR count). The summed E-state index contributed by atoms with van der Waals surface area (Å²) in [7, 11) is 0. The van der Waals surface area contributed by atoms with Crippen LogP contribution in [0.1, 0.15) is 106 Å². The van der Waals surface area contributed by atoms with E-state index in [0.29, 0.717) is 0 Å². The molecule has 0 bridgehead atoms. The average Bonchev–Trinajstić information content (AvgIpc) is 3.82. The van der Waals surface area contributed by atoms with Gasteiger partial charge >= 0.3 is 379 Å². The van der Waals surface area contributed by atoms with E-state index in [1.54, 1.807) is 35.9 Å². The van der Waals surface area contributed by atoms with Crippen molar-refractivity contribution in [2.75, 3.05) is 0 Å². The van der Waals surface area contributed by atoms with Gasteiger partial charge in [-0.1, -0.05) is 0 Å². The molecule has 2 heteroatoms. The van der Waals surface area contributed by atoms with Crippen molar-refractivity contribution in [3.8, 4) is 22.3 Å². The van der Waals surface area contributed by atoms with Gasteiger partial charge in [-0.25, -0.2) is 0 Å². The molecule has 0 spiro atoms. The number of hydrogen-bond acceptors (Lipinski definition) is 0. The first-order valence-corrected chi connectivity index (χ1v) is 29.7.